The molecule has 0 aliphatic heterocycles. The van der Waals surface area contributed by atoms with Gasteiger partial charge in [-0.15, -0.1) is 0 Å². The lowest BCUT2D eigenvalue weighted by Crippen LogP contribution is -2.06. The minimum absolute atomic E-state index is 0.326. The van der Waals surface area contributed by atoms with Crippen LogP contribution < -0.4 is 0 Å². The number of nitrogens with one attached hydrogen (secondary N) is 1. The number of carbonyl (C=O) groups is 1. The number of H-pyrrole nitrogens is 1. The van der Waals surface area contributed by atoms with Crippen LogP contribution in [0.3, 0.4) is 0 Å². The summed E-state index contributed by atoms with van der Waals surface area (Å²) in [6.45, 7) is 2.08. The predicted octanol–water partition coefficient (Wildman–Crippen LogP) is 2.91. The number of aromatic nitrogens is 2. The van der Waals surface area contributed by atoms with Gasteiger partial charge in [0.05, 0.1) is 12.9 Å². The molecule has 1 aromatic heterocycles. The third-order valence-electron chi connectivity index (χ3n) is 2.22. The van der Waals surface area contributed by atoms with E-state index in [0.29, 0.717) is 23.0 Å². The van der Waals surface area contributed by atoms with Crippen LogP contribution in [0.15, 0.2) is 30.6 Å². The molecule has 2 aromatic rings. The van der Waals surface area contributed by atoms with Crippen molar-refractivity contribution in [2.75, 3.05) is 6.61 Å². The summed E-state index contributed by atoms with van der Waals surface area (Å²) in [7, 11) is 0. The number of esters is 1. The minimum atomic E-state index is -0.417. The molecule has 0 fully saturated rings. The maximum absolute atomic E-state index is 11.7. The average molecular weight is 251 g/mol. The lowest BCUT2D eigenvalue weighted by molar-refractivity contribution is 0.0521. The summed E-state index contributed by atoms with van der Waals surface area (Å²) < 4.78 is 4.94. The Labute approximate surface area is 104 Å². The summed E-state index contributed by atoms with van der Waals surface area (Å²) in [5, 5.41) is 0.598. The molecule has 1 aromatic carbocycles. The van der Waals surface area contributed by atoms with Crippen molar-refractivity contribution in [2.24, 2.45) is 0 Å². The van der Waals surface area contributed by atoms with Crippen LogP contribution in [0.2, 0.25) is 5.02 Å². The molecule has 0 bridgehead atoms. The summed E-state index contributed by atoms with van der Waals surface area (Å²) >= 11 is 5.90. The molecule has 0 spiro atoms. The Morgan fingerprint density at radius 1 is 1.53 bits per heavy atom. The van der Waals surface area contributed by atoms with Gasteiger partial charge in [-0.05, 0) is 19.1 Å². The normalized spacial score (nSPS) is 10.2. The van der Waals surface area contributed by atoms with Gasteiger partial charge in [0.15, 0.2) is 5.69 Å². The predicted molar refractivity (Wildman–Crippen MR) is 65.0 cm³/mol. The van der Waals surface area contributed by atoms with E-state index >= 15 is 0 Å². The summed E-state index contributed by atoms with van der Waals surface area (Å²) in [5.41, 5.74) is 1.67. The number of halogens is 1. The van der Waals surface area contributed by atoms with E-state index in [2.05, 4.69) is 9.97 Å². The van der Waals surface area contributed by atoms with E-state index in [1.165, 1.54) is 6.33 Å². The second-order valence-corrected chi connectivity index (χ2v) is 3.79. The summed E-state index contributed by atoms with van der Waals surface area (Å²) in [6, 6.07) is 7.16. The highest BCUT2D eigenvalue weighted by molar-refractivity contribution is 6.30. The summed E-state index contributed by atoms with van der Waals surface area (Å²) in [4.78, 5) is 18.6. The molecule has 0 unspecified atom stereocenters. The number of ether oxygens (including phenoxy) is 1. The van der Waals surface area contributed by atoms with Gasteiger partial charge in [0.1, 0.15) is 5.69 Å². The summed E-state index contributed by atoms with van der Waals surface area (Å²) in [5.74, 6) is -0.417. The Hall–Kier alpha value is -1.81. The number of carbonyl (C=O) groups excluding carboxylic acids is 1. The first-order chi connectivity index (χ1) is 8.22. The fourth-order valence-corrected chi connectivity index (χ4v) is 1.70. The standard InChI is InChI=1S/C12H11ClN2O2/c1-2-17-12(16)11-10(14-7-15-11)8-4-3-5-9(13)6-8/h3-7H,2H2,1H3,(H,14,15). The molecule has 88 valence electrons. The highest BCUT2D eigenvalue weighted by Crippen LogP contribution is 2.23. The molecule has 0 saturated carbocycles. The first-order valence-electron chi connectivity index (χ1n) is 5.18. The monoisotopic (exact) mass is 250 g/mol. The topological polar surface area (TPSA) is 55.0 Å². The molecular formula is C12H11ClN2O2. The van der Waals surface area contributed by atoms with Gasteiger partial charge in [-0.3, -0.25) is 0 Å². The van der Waals surface area contributed by atoms with Crippen LogP contribution in [0.5, 0.6) is 0 Å². The maximum atomic E-state index is 11.7. The van der Waals surface area contributed by atoms with E-state index in [1.54, 1.807) is 25.1 Å². The van der Waals surface area contributed by atoms with Gasteiger partial charge in [0, 0.05) is 10.6 Å². The number of aromatic amines is 1. The molecule has 5 heteroatoms. The van der Waals surface area contributed by atoms with E-state index < -0.39 is 5.97 Å². The van der Waals surface area contributed by atoms with Crippen LogP contribution in [-0.2, 0) is 4.74 Å². The Kier molecular flexibility index (Phi) is 3.44. The SMILES string of the molecule is CCOC(=O)c1[nH]cnc1-c1cccc(Cl)c1. The smallest absolute Gasteiger partial charge is 0.357 e. The molecule has 0 radical (unpaired) electrons. The lowest BCUT2D eigenvalue weighted by atomic mass is 10.1. The summed E-state index contributed by atoms with van der Waals surface area (Å²) in [6.07, 6.45) is 1.46. The zero-order valence-corrected chi connectivity index (χ0v) is 9.99. The number of hydrogen-bond acceptors (Lipinski definition) is 3. The van der Waals surface area contributed by atoms with Crippen LogP contribution in [0.1, 0.15) is 17.4 Å². The van der Waals surface area contributed by atoms with Crippen molar-refractivity contribution in [3.8, 4) is 11.3 Å². The largest absolute Gasteiger partial charge is 0.461 e. The van der Waals surface area contributed by atoms with Gasteiger partial charge in [-0.25, -0.2) is 9.78 Å². The molecule has 17 heavy (non-hydrogen) atoms. The molecule has 0 saturated heterocycles. The molecule has 1 N–H and O–H groups in total. The van der Waals surface area contributed by atoms with Crippen molar-refractivity contribution in [1.82, 2.24) is 9.97 Å². The van der Waals surface area contributed by atoms with Crippen LogP contribution >= 0.6 is 11.6 Å². The van der Waals surface area contributed by atoms with E-state index in [-0.39, 0.29) is 0 Å². The number of benzene rings is 1. The average Bonchev–Trinajstić information content (AvgIpc) is 2.78. The van der Waals surface area contributed by atoms with Gasteiger partial charge in [-0.1, -0.05) is 23.7 Å². The first kappa shape index (κ1) is 11.7. The number of imidazole rings is 1. The van der Waals surface area contributed by atoms with Crippen molar-refractivity contribution >= 4 is 17.6 Å². The molecule has 1 heterocycles. The van der Waals surface area contributed by atoms with E-state index in [4.69, 9.17) is 16.3 Å². The molecule has 0 aliphatic carbocycles. The fourth-order valence-electron chi connectivity index (χ4n) is 1.51. The highest BCUT2D eigenvalue weighted by Gasteiger charge is 2.16. The first-order valence-corrected chi connectivity index (χ1v) is 5.56. The third-order valence-corrected chi connectivity index (χ3v) is 2.45. The van der Waals surface area contributed by atoms with Crippen LogP contribution in [0.25, 0.3) is 11.3 Å². The number of nitrogens with zero attached hydrogens (tertiary/aromatic N) is 1. The van der Waals surface area contributed by atoms with Crippen LogP contribution in [-0.4, -0.2) is 22.5 Å². The zero-order chi connectivity index (χ0) is 12.3. The van der Waals surface area contributed by atoms with E-state index in [9.17, 15) is 4.79 Å². The van der Waals surface area contributed by atoms with Crippen molar-refractivity contribution in [3.05, 3.63) is 41.3 Å². The van der Waals surface area contributed by atoms with Crippen molar-refractivity contribution < 1.29 is 9.53 Å². The quantitative estimate of drug-likeness (QED) is 0.852. The molecule has 0 amide bonds. The van der Waals surface area contributed by atoms with Gasteiger partial charge >= 0.3 is 5.97 Å². The lowest BCUT2D eigenvalue weighted by Gasteiger charge is -2.03. The molecule has 0 aliphatic rings. The third kappa shape index (κ3) is 2.47. The van der Waals surface area contributed by atoms with Crippen LogP contribution in [0.4, 0.5) is 0 Å². The number of rotatable bonds is 3. The van der Waals surface area contributed by atoms with Gasteiger partial charge in [0.2, 0.25) is 0 Å². The molecule has 4 nitrogen and oxygen atoms in total. The number of hydrogen-bond donors (Lipinski definition) is 1. The Bertz CT molecular complexity index is 537. The molecule has 0 atom stereocenters. The minimum Gasteiger partial charge on any atom is -0.461 e. The zero-order valence-electron chi connectivity index (χ0n) is 9.24. The molecular weight excluding hydrogens is 240 g/mol. The highest BCUT2D eigenvalue weighted by atomic mass is 35.5. The second kappa shape index (κ2) is 5.01. The maximum Gasteiger partial charge on any atom is 0.357 e. The van der Waals surface area contributed by atoms with Gasteiger partial charge in [0.25, 0.3) is 0 Å². The van der Waals surface area contributed by atoms with Crippen LogP contribution in [0, 0.1) is 0 Å². The second-order valence-electron chi connectivity index (χ2n) is 3.36. The van der Waals surface area contributed by atoms with Gasteiger partial charge in [-0.2, -0.15) is 0 Å². The van der Waals surface area contributed by atoms with E-state index in [1.807, 2.05) is 6.07 Å². The Morgan fingerprint density at radius 3 is 3.06 bits per heavy atom. The fraction of sp³-hybridized carbons (Fsp3) is 0.167. The Morgan fingerprint density at radius 2 is 2.35 bits per heavy atom. The molecule has 2 rings (SSSR count). The Balaban J connectivity index is 2.40. The van der Waals surface area contributed by atoms with Crippen molar-refractivity contribution in [3.63, 3.8) is 0 Å². The van der Waals surface area contributed by atoms with Crippen molar-refractivity contribution in [2.45, 2.75) is 6.92 Å². The van der Waals surface area contributed by atoms with E-state index in [0.717, 1.165) is 5.56 Å². The van der Waals surface area contributed by atoms with Gasteiger partial charge < -0.3 is 9.72 Å². The van der Waals surface area contributed by atoms with Crippen molar-refractivity contribution in [1.29, 1.82) is 0 Å².